The van der Waals surface area contributed by atoms with Crippen LogP contribution in [0.3, 0.4) is 0 Å². The Labute approximate surface area is 177 Å². The van der Waals surface area contributed by atoms with E-state index in [1.807, 2.05) is 13.8 Å². The minimum absolute atomic E-state index is 0.0141. The number of aliphatic hydroxyl groups excluding tert-OH is 1. The molecule has 9 heteroatoms. The van der Waals surface area contributed by atoms with Crippen molar-refractivity contribution < 1.29 is 24.2 Å². The van der Waals surface area contributed by atoms with Crippen molar-refractivity contribution >= 4 is 23.6 Å². The summed E-state index contributed by atoms with van der Waals surface area (Å²) in [6, 6.07) is 5.07. The summed E-state index contributed by atoms with van der Waals surface area (Å²) in [7, 11) is 0. The summed E-state index contributed by atoms with van der Waals surface area (Å²) >= 11 is 0. The Morgan fingerprint density at radius 2 is 1.63 bits per heavy atom. The lowest BCUT2D eigenvalue weighted by molar-refractivity contribution is -0.127. The van der Waals surface area contributed by atoms with Gasteiger partial charge in [-0.2, -0.15) is 0 Å². The maximum absolute atomic E-state index is 12.3. The number of nitrogens with one attached hydrogen (secondary N) is 3. The van der Waals surface area contributed by atoms with Gasteiger partial charge in [-0.1, -0.05) is 26.0 Å². The Morgan fingerprint density at radius 1 is 1.07 bits per heavy atom. The van der Waals surface area contributed by atoms with Gasteiger partial charge in [-0.15, -0.1) is 0 Å². The van der Waals surface area contributed by atoms with Crippen LogP contribution in [0.2, 0.25) is 0 Å². The monoisotopic (exact) mass is 422 g/mol. The Balaban J connectivity index is 2.56. The van der Waals surface area contributed by atoms with Crippen LogP contribution in [0.1, 0.15) is 53.2 Å². The molecule has 1 aromatic rings. The summed E-state index contributed by atoms with van der Waals surface area (Å²) < 4.78 is 5.12. The number of rotatable bonds is 8. The second-order valence-corrected chi connectivity index (χ2v) is 8.51. The van der Waals surface area contributed by atoms with E-state index in [1.165, 1.54) is 0 Å². The second-order valence-electron chi connectivity index (χ2n) is 8.51. The number of aliphatic hydroxyl groups is 1. The average Bonchev–Trinajstić information content (AvgIpc) is 2.64. The van der Waals surface area contributed by atoms with Gasteiger partial charge >= 0.3 is 6.09 Å². The number of nitrogens with two attached hydrogens (primary N) is 1. The lowest BCUT2D eigenvalue weighted by Gasteiger charge is -2.21. The second kappa shape index (κ2) is 10.9. The highest BCUT2D eigenvalue weighted by Gasteiger charge is 2.22. The molecular formula is C21H34N4O5. The molecule has 30 heavy (non-hydrogen) atoms. The molecule has 6 N–H and O–H groups in total. The van der Waals surface area contributed by atoms with Crippen LogP contribution < -0.4 is 21.7 Å². The van der Waals surface area contributed by atoms with Gasteiger partial charge in [-0.05, 0) is 51.3 Å². The molecule has 3 amide bonds. The fourth-order valence-corrected chi connectivity index (χ4v) is 2.33. The van der Waals surface area contributed by atoms with Gasteiger partial charge in [0.25, 0.3) is 0 Å². The number of amides is 3. The van der Waals surface area contributed by atoms with Crippen molar-refractivity contribution in [3.63, 3.8) is 0 Å². The molecule has 0 aliphatic carbocycles. The van der Waals surface area contributed by atoms with Crippen molar-refractivity contribution in [1.82, 2.24) is 10.6 Å². The zero-order chi connectivity index (χ0) is 23.1. The molecule has 168 valence electrons. The third-order valence-electron chi connectivity index (χ3n) is 4.17. The molecule has 0 heterocycles. The molecule has 0 aliphatic rings. The smallest absolute Gasteiger partial charge is 0.407 e. The van der Waals surface area contributed by atoms with Gasteiger partial charge in [0.05, 0.1) is 18.7 Å². The fraction of sp³-hybridized carbons (Fsp3) is 0.571. The third kappa shape index (κ3) is 8.79. The predicted octanol–water partition coefficient (Wildman–Crippen LogP) is 1.67. The highest BCUT2D eigenvalue weighted by molar-refractivity contribution is 5.97. The Kier molecular flexibility index (Phi) is 9.25. The van der Waals surface area contributed by atoms with Crippen molar-refractivity contribution in [2.24, 2.45) is 11.7 Å². The summed E-state index contributed by atoms with van der Waals surface area (Å²) in [6.45, 7) is 10.5. The highest BCUT2D eigenvalue weighted by Crippen LogP contribution is 2.16. The molecule has 9 nitrogen and oxygen atoms in total. The van der Waals surface area contributed by atoms with Crippen LogP contribution in [0.5, 0.6) is 0 Å². The van der Waals surface area contributed by atoms with Crippen molar-refractivity contribution in [3.8, 4) is 0 Å². The van der Waals surface area contributed by atoms with E-state index in [0.717, 1.165) is 0 Å². The molecule has 0 bridgehead atoms. The number of carbonyl (C=O) groups is 3. The minimum Gasteiger partial charge on any atom is -0.444 e. The van der Waals surface area contributed by atoms with Crippen molar-refractivity contribution in [3.05, 3.63) is 29.8 Å². The number of hydrogen-bond donors (Lipinski definition) is 5. The highest BCUT2D eigenvalue weighted by atomic mass is 16.6. The van der Waals surface area contributed by atoms with Gasteiger partial charge in [0.15, 0.2) is 0 Å². The van der Waals surface area contributed by atoms with E-state index in [9.17, 15) is 19.5 Å². The van der Waals surface area contributed by atoms with Crippen molar-refractivity contribution in [2.45, 2.75) is 65.3 Å². The van der Waals surface area contributed by atoms with E-state index in [0.29, 0.717) is 11.3 Å². The van der Waals surface area contributed by atoms with Crippen LogP contribution in [0.25, 0.3) is 0 Å². The molecule has 0 fully saturated rings. The van der Waals surface area contributed by atoms with Crippen molar-refractivity contribution in [1.29, 1.82) is 0 Å². The van der Waals surface area contributed by atoms with Crippen LogP contribution in [0.4, 0.5) is 10.5 Å². The van der Waals surface area contributed by atoms with Crippen LogP contribution in [-0.2, 0) is 14.3 Å². The molecule has 0 aromatic heterocycles. The Morgan fingerprint density at radius 3 is 2.13 bits per heavy atom. The van der Waals surface area contributed by atoms with Gasteiger partial charge < -0.3 is 31.5 Å². The molecule has 1 rings (SSSR count). The van der Waals surface area contributed by atoms with E-state index in [-0.39, 0.29) is 24.3 Å². The first-order chi connectivity index (χ1) is 13.8. The van der Waals surface area contributed by atoms with Gasteiger partial charge in [0, 0.05) is 5.69 Å². The molecule has 0 spiro atoms. The topological polar surface area (TPSA) is 143 Å². The summed E-state index contributed by atoms with van der Waals surface area (Å²) in [5.41, 5.74) is 6.23. The van der Waals surface area contributed by atoms with E-state index in [1.54, 1.807) is 52.0 Å². The number of anilines is 1. The fourth-order valence-electron chi connectivity index (χ4n) is 2.33. The lowest BCUT2D eigenvalue weighted by atomic mass is 10.0. The van der Waals surface area contributed by atoms with E-state index in [2.05, 4.69) is 16.0 Å². The van der Waals surface area contributed by atoms with Gasteiger partial charge in [0.2, 0.25) is 11.8 Å². The van der Waals surface area contributed by atoms with E-state index >= 15 is 0 Å². The normalized spacial score (nSPS) is 14.4. The first-order valence-corrected chi connectivity index (χ1v) is 9.92. The summed E-state index contributed by atoms with van der Waals surface area (Å²) in [5.74, 6) is -0.813. The summed E-state index contributed by atoms with van der Waals surface area (Å²) in [5, 5.41) is 18.0. The molecule has 1 aromatic carbocycles. The Hall–Kier alpha value is -2.65. The number of ether oxygens (including phenoxy) is 1. The number of carbonyl (C=O) groups excluding carboxylic acids is 3. The minimum atomic E-state index is -0.932. The van der Waals surface area contributed by atoms with Gasteiger partial charge in [-0.25, -0.2) is 4.79 Å². The van der Waals surface area contributed by atoms with Crippen LogP contribution in [-0.4, -0.2) is 47.2 Å². The molecule has 0 radical (unpaired) electrons. The van der Waals surface area contributed by atoms with E-state index < -0.39 is 29.9 Å². The van der Waals surface area contributed by atoms with E-state index in [4.69, 9.17) is 10.5 Å². The number of benzene rings is 1. The summed E-state index contributed by atoms with van der Waals surface area (Å²) in [4.78, 5) is 35.9. The average molecular weight is 423 g/mol. The summed E-state index contributed by atoms with van der Waals surface area (Å²) in [6.07, 6.45) is -1.54. The third-order valence-corrected chi connectivity index (χ3v) is 4.17. The van der Waals surface area contributed by atoms with Gasteiger partial charge in [-0.3, -0.25) is 9.59 Å². The van der Waals surface area contributed by atoms with Gasteiger partial charge in [0.1, 0.15) is 11.6 Å². The first kappa shape index (κ1) is 25.4. The molecule has 0 saturated carbocycles. The zero-order valence-corrected chi connectivity index (χ0v) is 18.5. The first-order valence-electron chi connectivity index (χ1n) is 9.92. The molecule has 0 saturated heterocycles. The molecule has 0 aliphatic heterocycles. The van der Waals surface area contributed by atoms with Crippen LogP contribution in [0.15, 0.2) is 24.3 Å². The largest absolute Gasteiger partial charge is 0.444 e. The standard InChI is InChI=1S/C21H34N4O5/c1-12(2)17(22)19(28)24-13(3)18(27)25-15-9-7-14(8-10-15)16(26)11-23-20(29)30-21(4,5)6/h7-10,12-13,16-17,26H,11,22H2,1-6H3,(H,23,29)(H,24,28)(H,25,27)/t13-,16+,17-/m0/s1. The maximum atomic E-state index is 12.3. The SMILES string of the molecule is CC(C)[C@H](N)C(=O)N[C@@H](C)C(=O)Nc1ccc([C@H](O)CNC(=O)OC(C)(C)C)cc1. The molecule has 3 atom stereocenters. The predicted molar refractivity (Wildman–Crippen MR) is 115 cm³/mol. The number of hydrogen-bond acceptors (Lipinski definition) is 6. The molecule has 0 unspecified atom stereocenters. The number of alkyl carbamates (subject to hydrolysis) is 1. The lowest BCUT2D eigenvalue weighted by Crippen LogP contribution is -2.50. The maximum Gasteiger partial charge on any atom is 0.407 e. The molecular weight excluding hydrogens is 388 g/mol. The zero-order valence-electron chi connectivity index (χ0n) is 18.5. The quantitative estimate of drug-likeness (QED) is 0.431. The Bertz CT molecular complexity index is 728. The van der Waals surface area contributed by atoms with Crippen LogP contribution in [0, 0.1) is 5.92 Å². The van der Waals surface area contributed by atoms with Crippen LogP contribution >= 0.6 is 0 Å². The van der Waals surface area contributed by atoms with Crippen molar-refractivity contribution in [2.75, 3.05) is 11.9 Å².